The molecule has 27 heavy (non-hydrogen) atoms. The SMILES string of the molecule is CC(O)C(=O)O.CCCCCCCCCCCCc1ncccc1C(=O)O. The number of carbonyl (C=O) groups is 2. The number of nitrogens with zero attached hydrogens (tertiary/aromatic N) is 1. The highest BCUT2D eigenvalue weighted by Crippen LogP contribution is 2.13. The van der Waals surface area contributed by atoms with Crippen LogP contribution in [0, 0.1) is 0 Å². The minimum atomic E-state index is -1.23. The summed E-state index contributed by atoms with van der Waals surface area (Å²) < 4.78 is 0. The van der Waals surface area contributed by atoms with Crippen molar-refractivity contribution in [3.05, 3.63) is 29.6 Å². The molecule has 0 radical (unpaired) electrons. The van der Waals surface area contributed by atoms with Crippen LogP contribution in [-0.4, -0.2) is 38.3 Å². The third kappa shape index (κ3) is 13.9. The normalized spacial score (nSPS) is 11.4. The van der Waals surface area contributed by atoms with Crippen molar-refractivity contribution in [2.24, 2.45) is 0 Å². The van der Waals surface area contributed by atoms with E-state index >= 15 is 0 Å². The van der Waals surface area contributed by atoms with Crippen molar-refractivity contribution in [1.82, 2.24) is 4.98 Å². The molecule has 0 amide bonds. The molecule has 1 unspecified atom stereocenters. The van der Waals surface area contributed by atoms with E-state index in [0.717, 1.165) is 18.5 Å². The Hall–Kier alpha value is -1.95. The van der Waals surface area contributed by atoms with E-state index in [0.29, 0.717) is 5.56 Å². The molecule has 154 valence electrons. The maximum atomic E-state index is 11.1. The Kier molecular flexibility index (Phi) is 15.1. The molecule has 0 saturated heterocycles. The van der Waals surface area contributed by atoms with E-state index < -0.39 is 18.0 Å². The fourth-order valence-corrected chi connectivity index (χ4v) is 2.61. The number of aliphatic hydroxyl groups excluding tert-OH is 1. The molecule has 0 aromatic carbocycles. The van der Waals surface area contributed by atoms with Gasteiger partial charge in [0.2, 0.25) is 0 Å². The fraction of sp³-hybridized carbons (Fsp3) is 0.667. The average Bonchev–Trinajstić information content (AvgIpc) is 2.64. The number of carboxylic acid groups (broad SMARTS) is 2. The van der Waals surface area contributed by atoms with Gasteiger partial charge in [-0.3, -0.25) is 4.98 Å². The molecule has 0 aliphatic rings. The van der Waals surface area contributed by atoms with Gasteiger partial charge in [0.15, 0.2) is 0 Å². The molecule has 3 N–H and O–H groups in total. The first-order valence-corrected chi connectivity index (χ1v) is 9.98. The largest absolute Gasteiger partial charge is 0.479 e. The van der Waals surface area contributed by atoms with Gasteiger partial charge in [-0.05, 0) is 31.9 Å². The van der Waals surface area contributed by atoms with Gasteiger partial charge in [0.25, 0.3) is 0 Å². The highest BCUT2D eigenvalue weighted by atomic mass is 16.4. The van der Waals surface area contributed by atoms with E-state index in [1.807, 2.05) is 0 Å². The van der Waals surface area contributed by atoms with Crippen molar-refractivity contribution in [3.8, 4) is 0 Å². The van der Waals surface area contributed by atoms with Crippen molar-refractivity contribution >= 4 is 11.9 Å². The topological polar surface area (TPSA) is 108 Å². The Morgan fingerprint density at radius 2 is 1.44 bits per heavy atom. The number of hydrogen-bond acceptors (Lipinski definition) is 4. The standard InChI is InChI=1S/C18H29NO2.C3H6O3/c1-2-3-4-5-6-7-8-9-10-11-14-17-16(18(20)21)13-12-15-19-17;1-2(4)3(5)6/h12-13,15H,2-11,14H2,1H3,(H,20,21);2,4H,1H3,(H,5,6). The summed E-state index contributed by atoms with van der Waals surface area (Å²) in [7, 11) is 0. The zero-order valence-corrected chi connectivity index (χ0v) is 16.7. The first kappa shape index (κ1) is 25.1. The lowest BCUT2D eigenvalue weighted by Gasteiger charge is -2.05. The molecule has 0 bridgehead atoms. The molecule has 0 aliphatic carbocycles. The van der Waals surface area contributed by atoms with Crippen LogP contribution in [0.4, 0.5) is 0 Å². The van der Waals surface area contributed by atoms with E-state index in [-0.39, 0.29) is 0 Å². The van der Waals surface area contributed by atoms with Crippen LogP contribution in [0.1, 0.15) is 94.1 Å². The summed E-state index contributed by atoms with van der Waals surface area (Å²) in [5.41, 5.74) is 1.08. The molecule has 1 rings (SSSR count). The van der Waals surface area contributed by atoms with Gasteiger partial charge in [-0.15, -0.1) is 0 Å². The first-order chi connectivity index (χ1) is 12.9. The zero-order valence-electron chi connectivity index (χ0n) is 16.7. The summed E-state index contributed by atoms with van der Waals surface area (Å²) in [4.78, 5) is 24.7. The molecule has 1 aromatic rings. The van der Waals surface area contributed by atoms with Crippen LogP contribution in [-0.2, 0) is 11.2 Å². The van der Waals surface area contributed by atoms with E-state index in [2.05, 4.69) is 11.9 Å². The van der Waals surface area contributed by atoms with Crippen molar-refractivity contribution in [3.63, 3.8) is 0 Å². The third-order valence-corrected chi connectivity index (χ3v) is 4.25. The second kappa shape index (κ2) is 16.2. The van der Waals surface area contributed by atoms with Crippen molar-refractivity contribution < 1.29 is 24.9 Å². The molecule has 6 heteroatoms. The highest BCUT2D eigenvalue weighted by molar-refractivity contribution is 5.88. The van der Waals surface area contributed by atoms with Crippen molar-refractivity contribution in [1.29, 1.82) is 0 Å². The number of aromatic nitrogens is 1. The maximum Gasteiger partial charge on any atom is 0.337 e. The number of unbranched alkanes of at least 4 members (excludes halogenated alkanes) is 9. The molecule has 0 aliphatic heterocycles. The Balaban J connectivity index is 0.000000972. The third-order valence-electron chi connectivity index (χ3n) is 4.25. The molecule has 1 aromatic heterocycles. The number of aliphatic carboxylic acids is 1. The smallest absolute Gasteiger partial charge is 0.337 e. The lowest BCUT2D eigenvalue weighted by atomic mass is 10.0. The van der Waals surface area contributed by atoms with E-state index in [1.165, 1.54) is 64.7 Å². The highest BCUT2D eigenvalue weighted by Gasteiger charge is 2.09. The lowest BCUT2D eigenvalue weighted by Crippen LogP contribution is -2.13. The number of pyridine rings is 1. The summed E-state index contributed by atoms with van der Waals surface area (Å²) in [6, 6.07) is 3.33. The summed E-state index contributed by atoms with van der Waals surface area (Å²) in [6.07, 6.45) is 14.1. The predicted molar refractivity (Wildman–Crippen MR) is 106 cm³/mol. The van der Waals surface area contributed by atoms with Gasteiger partial charge in [0.05, 0.1) is 11.3 Å². The molecule has 1 heterocycles. The summed E-state index contributed by atoms with van der Waals surface area (Å²) in [5, 5.41) is 24.9. The summed E-state index contributed by atoms with van der Waals surface area (Å²) in [6.45, 7) is 3.44. The first-order valence-electron chi connectivity index (χ1n) is 9.98. The predicted octanol–water partition coefficient (Wildman–Crippen LogP) is 4.70. The number of aliphatic hydroxyl groups is 1. The van der Waals surface area contributed by atoms with E-state index in [1.54, 1.807) is 18.3 Å². The number of aryl methyl sites for hydroxylation is 1. The van der Waals surface area contributed by atoms with Gasteiger partial charge < -0.3 is 15.3 Å². The minimum Gasteiger partial charge on any atom is -0.479 e. The van der Waals surface area contributed by atoms with Crippen molar-refractivity contribution in [2.45, 2.75) is 90.6 Å². The van der Waals surface area contributed by atoms with Crippen LogP contribution >= 0.6 is 0 Å². The monoisotopic (exact) mass is 381 g/mol. The number of carboxylic acids is 2. The van der Waals surface area contributed by atoms with Crippen LogP contribution in [0.2, 0.25) is 0 Å². The molecular formula is C21H35NO5. The fourth-order valence-electron chi connectivity index (χ4n) is 2.61. The summed E-state index contributed by atoms with van der Waals surface area (Å²) in [5.74, 6) is -2.06. The van der Waals surface area contributed by atoms with Crippen LogP contribution in [0.25, 0.3) is 0 Å². The number of hydrogen-bond donors (Lipinski definition) is 3. The van der Waals surface area contributed by atoms with Gasteiger partial charge in [0.1, 0.15) is 6.10 Å². The van der Waals surface area contributed by atoms with Crippen LogP contribution in [0.5, 0.6) is 0 Å². The Bertz CT molecular complexity index is 531. The number of rotatable bonds is 13. The van der Waals surface area contributed by atoms with Crippen molar-refractivity contribution in [2.75, 3.05) is 0 Å². The van der Waals surface area contributed by atoms with E-state index in [9.17, 15) is 9.59 Å². The van der Waals surface area contributed by atoms with Gasteiger partial charge in [-0.1, -0.05) is 64.7 Å². The number of aromatic carboxylic acids is 1. The second-order valence-corrected chi connectivity index (χ2v) is 6.75. The molecule has 6 nitrogen and oxygen atoms in total. The Morgan fingerprint density at radius 1 is 0.963 bits per heavy atom. The van der Waals surface area contributed by atoms with Crippen LogP contribution < -0.4 is 0 Å². The Labute approximate surface area is 162 Å². The van der Waals surface area contributed by atoms with Gasteiger partial charge in [-0.2, -0.15) is 0 Å². The van der Waals surface area contributed by atoms with Gasteiger partial charge in [-0.25, -0.2) is 9.59 Å². The van der Waals surface area contributed by atoms with Crippen LogP contribution in [0.3, 0.4) is 0 Å². The molecule has 1 atom stereocenters. The minimum absolute atomic E-state index is 0.355. The molecule has 0 fully saturated rings. The average molecular weight is 382 g/mol. The maximum absolute atomic E-state index is 11.1. The molecule has 0 saturated carbocycles. The van der Waals surface area contributed by atoms with Gasteiger partial charge in [0, 0.05) is 6.20 Å². The Morgan fingerprint density at radius 3 is 1.89 bits per heavy atom. The second-order valence-electron chi connectivity index (χ2n) is 6.75. The zero-order chi connectivity index (χ0) is 20.5. The van der Waals surface area contributed by atoms with Gasteiger partial charge >= 0.3 is 11.9 Å². The van der Waals surface area contributed by atoms with E-state index in [4.69, 9.17) is 15.3 Å². The summed E-state index contributed by atoms with van der Waals surface area (Å²) >= 11 is 0. The van der Waals surface area contributed by atoms with Crippen LogP contribution in [0.15, 0.2) is 18.3 Å². The molecular weight excluding hydrogens is 346 g/mol. The molecule has 0 spiro atoms. The quantitative estimate of drug-likeness (QED) is 0.428. The lowest BCUT2D eigenvalue weighted by molar-refractivity contribution is -0.145.